The van der Waals surface area contributed by atoms with E-state index in [1.165, 1.54) is 24.8 Å². The number of nitrogens with zero attached hydrogens (tertiary/aromatic N) is 6. The van der Waals surface area contributed by atoms with Crippen LogP contribution in [-0.2, 0) is 13.1 Å². The van der Waals surface area contributed by atoms with Gasteiger partial charge < -0.3 is 9.09 Å². The van der Waals surface area contributed by atoms with E-state index >= 15 is 0 Å². The zero-order chi connectivity index (χ0) is 21.4. The molecule has 0 atom stereocenters. The predicted octanol–water partition coefficient (Wildman–Crippen LogP) is 3.20. The standard InChI is InChI=1S/C23H26N6O2/c1-16-6-7-18(17(2)12-16)19-13-20-23(30)28(10-11-29(20)25-19)14-21-24-22(31-26-21)15-27-8-4-3-5-9-27/h6-7,10-13H,3-5,8-9,14-15H2,1-2H3. The molecule has 0 unspecified atom stereocenters. The van der Waals surface area contributed by atoms with Crippen molar-refractivity contribution in [1.29, 1.82) is 0 Å². The van der Waals surface area contributed by atoms with Crippen molar-refractivity contribution in [2.75, 3.05) is 13.1 Å². The van der Waals surface area contributed by atoms with Gasteiger partial charge in [0.15, 0.2) is 5.82 Å². The van der Waals surface area contributed by atoms with Crippen LogP contribution in [0, 0.1) is 13.8 Å². The van der Waals surface area contributed by atoms with E-state index in [4.69, 9.17) is 4.52 Å². The molecule has 0 radical (unpaired) electrons. The Morgan fingerprint density at radius 3 is 2.68 bits per heavy atom. The highest BCUT2D eigenvalue weighted by Crippen LogP contribution is 2.23. The Morgan fingerprint density at radius 1 is 1.03 bits per heavy atom. The molecule has 0 N–H and O–H groups in total. The number of rotatable bonds is 5. The average Bonchev–Trinajstić information content (AvgIpc) is 3.38. The zero-order valence-corrected chi connectivity index (χ0v) is 17.9. The normalized spacial score (nSPS) is 15.0. The maximum atomic E-state index is 13.0. The molecule has 4 aromatic rings. The van der Waals surface area contributed by atoms with Gasteiger partial charge in [0.25, 0.3) is 5.56 Å². The van der Waals surface area contributed by atoms with Crippen LogP contribution in [0.25, 0.3) is 16.8 Å². The molecule has 1 aliphatic rings. The molecule has 0 aliphatic carbocycles. The number of hydrogen-bond acceptors (Lipinski definition) is 6. The summed E-state index contributed by atoms with van der Waals surface area (Å²) in [5.41, 5.74) is 4.54. The molecule has 160 valence electrons. The second-order valence-corrected chi connectivity index (χ2v) is 8.35. The summed E-state index contributed by atoms with van der Waals surface area (Å²) >= 11 is 0. The second kappa shape index (κ2) is 8.11. The van der Waals surface area contributed by atoms with E-state index in [9.17, 15) is 4.79 Å². The Kier molecular flexibility index (Phi) is 5.15. The van der Waals surface area contributed by atoms with Gasteiger partial charge in [-0.1, -0.05) is 35.3 Å². The number of likely N-dealkylation sites (tertiary alicyclic amines) is 1. The van der Waals surface area contributed by atoms with Crippen molar-refractivity contribution in [3.63, 3.8) is 0 Å². The molecule has 5 rings (SSSR count). The van der Waals surface area contributed by atoms with Gasteiger partial charge in [0, 0.05) is 18.0 Å². The Hall–Kier alpha value is -3.26. The van der Waals surface area contributed by atoms with E-state index < -0.39 is 0 Å². The van der Waals surface area contributed by atoms with Crippen LogP contribution in [0.4, 0.5) is 0 Å². The third-order valence-electron chi connectivity index (χ3n) is 5.89. The summed E-state index contributed by atoms with van der Waals surface area (Å²) in [7, 11) is 0. The number of benzene rings is 1. The van der Waals surface area contributed by atoms with Crippen molar-refractivity contribution in [3.8, 4) is 11.3 Å². The van der Waals surface area contributed by atoms with Gasteiger partial charge >= 0.3 is 0 Å². The number of aryl methyl sites for hydroxylation is 2. The van der Waals surface area contributed by atoms with Crippen molar-refractivity contribution in [2.45, 2.75) is 46.2 Å². The molecular weight excluding hydrogens is 392 g/mol. The van der Waals surface area contributed by atoms with Crippen LogP contribution in [0.15, 0.2) is 46.0 Å². The number of hydrogen-bond donors (Lipinski definition) is 0. The first-order valence-electron chi connectivity index (χ1n) is 10.8. The van der Waals surface area contributed by atoms with Gasteiger partial charge in [-0.15, -0.1) is 0 Å². The van der Waals surface area contributed by atoms with Gasteiger partial charge in [0.1, 0.15) is 5.52 Å². The molecule has 0 bridgehead atoms. The summed E-state index contributed by atoms with van der Waals surface area (Å²) in [6.45, 7) is 7.19. The third-order valence-corrected chi connectivity index (χ3v) is 5.89. The van der Waals surface area contributed by atoms with E-state index in [2.05, 4.69) is 46.1 Å². The highest BCUT2D eigenvalue weighted by Gasteiger charge is 2.16. The Balaban J connectivity index is 1.38. The summed E-state index contributed by atoms with van der Waals surface area (Å²) in [4.78, 5) is 19.9. The highest BCUT2D eigenvalue weighted by molar-refractivity contribution is 5.68. The first-order valence-corrected chi connectivity index (χ1v) is 10.8. The number of aromatic nitrogens is 5. The molecule has 0 spiro atoms. The fourth-order valence-corrected chi connectivity index (χ4v) is 4.26. The van der Waals surface area contributed by atoms with Crippen LogP contribution in [0.3, 0.4) is 0 Å². The predicted molar refractivity (Wildman–Crippen MR) is 117 cm³/mol. The highest BCUT2D eigenvalue weighted by atomic mass is 16.5. The average molecular weight is 419 g/mol. The van der Waals surface area contributed by atoms with Crippen LogP contribution in [0.2, 0.25) is 0 Å². The monoisotopic (exact) mass is 418 g/mol. The summed E-state index contributed by atoms with van der Waals surface area (Å²) in [6.07, 6.45) is 7.22. The lowest BCUT2D eigenvalue weighted by Gasteiger charge is -2.24. The smallest absolute Gasteiger partial charge is 0.277 e. The quantitative estimate of drug-likeness (QED) is 0.495. The minimum Gasteiger partial charge on any atom is -0.338 e. The molecule has 31 heavy (non-hydrogen) atoms. The topological polar surface area (TPSA) is 81.5 Å². The largest absolute Gasteiger partial charge is 0.338 e. The molecule has 0 saturated carbocycles. The van der Waals surface area contributed by atoms with Crippen LogP contribution in [0.5, 0.6) is 0 Å². The van der Waals surface area contributed by atoms with Crippen molar-refractivity contribution < 1.29 is 4.52 Å². The van der Waals surface area contributed by atoms with Crippen LogP contribution >= 0.6 is 0 Å². The molecule has 1 aliphatic heterocycles. The van der Waals surface area contributed by atoms with Crippen molar-refractivity contribution in [2.24, 2.45) is 0 Å². The fourth-order valence-electron chi connectivity index (χ4n) is 4.26. The number of piperidine rings is 1. The Morgan fingerprint density at radius 2 is 1.87 bits per heavy atom. The molecule has 1 aromatic carbocycles. The Labute approximate surface area is 180 Å². The lowest BCUT2D eigenvalue weighted by atomic mass is 10.0. The fraction of sp³-hybridized carbons (Fsp3) is 0.391. The maximum Gasteiger partial charge on any atom is 0.277 e. The van der Waals surface area contributed by atoms with Gasteiger partial charge in [-0.25, -0.2) is 4.52 Å². The van der Waals surface area contributed by atoms with Gasteiger partial charge in [-0.05, 0) is 51.4 Å². The molecule has 3 aromatic heterocycles. The SMILES string of the molecule is Cc1ccc(-c2cc3c(=O)n(Cc4noc(CN5CCCCC5)n4)ccn3n2)c(C)c1. The van der Waals surface area contributed by atoms with Crippen molar-refractivity contribution in [1.82, 2.24) is 29.2 Å². The van der Waals surface area contributed by atoms with Gasteiger partial charge in [0.2, 0.25) is 5.89 Å². The molecule has 8 heteroatoms. The molecule has 1 saturated heterocycles. The molecule has 1 fully saturated rings. The lowest BCUT2D eigenvalue weighted by molar-refractivity contribution is 0.193. The minimum atomic E-state index is -0.131. The van der Waals surface area contributed by atoms with E-state index in [1.54, 1.807) is 21.5 Å². The van der Waals surface area contributed by atoms with E-state index in [-0.39, 0.29) is 12.1 Å². The summed E-state index contributed by atoms with van der Waals surface area (Å²) in [5, 5.41) is 8.68. The van der Waals surface area contributed by atoms with Crippen LogP contribution in [-0.4, -0.2) is 42.3 Å². The van der Waals surface area contributed by atoms with E-state index in [1.807, 2.05) is 12.1 Å². The van der Waals surface area contributed by atoms with E-state index in [0.717, 1.165) is 29.9 Å². The second-order valence-electron chi connectivity index (χ2n) is 8.35. The first kappa shape index (κ1) is 19.7. The maximum absolute atomic E-state index is 13.0. The van der Waals surface area contributed by atoms with Crippen LogP contribution < -0.4 is 5.56 Å². The van der Waals surface area contributed by atoms with Crippen molar-refractivity contribution in [3.05, 3.63) is 69.9 Å². The van der Waals surface area contributed by atoms with E-state index in [0.29, 0.717) is 23.8 Å². The molecule has 8 nitrogen and oxygen atoms in total. The van der Waals surface area contributed by atoms with Gasteiger partial charge in [0.05, 0.1) is 18.8 Å². The third kappa shape index (κ3) is 4.03. The number of fused-ring (bicyclic) bond motifs is 1. The molecule has 0 amide bonds. The van der Waals surface area contributed by atoms with Gasteiger partial charge in [-0.2, -0.15) is 10.1 Å². The summed E-state index contributed by atoms with van der Waals surface area (Å²) in [6, 6.07) is 8.07. The molecular formula is C23H26N6O2. The van der Waals surface area contributed by atoms with Gasteiger partial charge in [-0.3, -0.25) is 9.69 Å². The Bertz CT molecular complexity index is 1280. The lowest BCUT2D eigenvalue weighted by Crippen LogP contribution is -2.29. The van der Waals surface area contributed by atoms with Crippen LogP contribution in [0.1, 0.15) is 42.1 Å². The first-order chi connectivity index (χ1) is 15.1. The van der Waals surface area contributed by atoms with Crippen molar-refractivity contribution >= 4 is 5.52 Å². The minimum absolute atomic E-state index is 0.131. The summed E-state index contributed by atoms with van der Waals surface area (Å²) in [5.74, 6) is 1.11. The molecule has 4 heterocycles. The zero-order valence-electron chi connectivity index (χ0n) is 17.9. The summed E-state index contributed by atoms with van der Waals surface area (Å²) < 4.78 is 8.64.